The highest BCUT2D eigenvalue weighted by molar-refractivity contribution is 5.49. The normalized spacial score (nSPS) is 17.9. The summed E-state index contributed by atoms with van der Waals surface area (Å²) in [5, 5.41) is 3.60. The second-order valence-electron chi connectivity index (χ2n) is 6.08. The molecule has 4 rings (SSSR count). The number of pyridine rings is 1. The van der Waals surface area contributed by atoms with Gasteiger partial charge in [-0.1, -0.05) is 6.07 Å². The van der Waals surface area contributed by atoms with Crippen molar-refractivity contribution in [2.45, 2.75) is 50.9 Å². The summed E-state index contributed by atoms with van der Waals surface area (Å²) < 4.78 is 5.53. The van der Waals surface area contributed by atoms with Gasteiger partial charge < -0.3 is 14.6 Å². The highest BCUT2D eigenvalue weighted by Crippen LogP contribution is 2.34. The minimum Gasteiger partial charge on any atom is -0.467 e. The second kappa shape index (κ2) is 5.53. The molecular weight excluding hydrogens is 262 g/mol. The van der Waals surface area contributed by atoms with Crippen LogP contribution in [0.15, 0.2) is 41.1 Å². The van der Waals surface area contributed by atoms with E-state index in [1.807, 2.05) is 24.4 Å². The van der Waals surface area contributed by atoms with E-state index >= 15 is 0 Å². The summed E-state index contributed by atoms with van der Waals surface area (Å²) in [6, 6.07) is 9.55. The predicted molar refractivity (Wildman–Crippen MR) is 82.0 cm³/mol. The first kappa shape index (κ1) is 12.9. The monoisotopic (exact) mass is 283 g/mol. The molecule has 0 aromatic carbocycles. The molecule has 0 bridgehead atoms. The van der Waals surface area contributed by atoms with E-state index in [0.717, 1.165) is 30.7 Å². The third-order valence-corrected chi connectivity index (χ3v) is 4.19. The number of anilines is 1. The van der Waals surface area contributed by atoms with Crippen molar-refractivity contribution in [1.82, 2.24) is 10.3 Å². The Bertz CT molecular complexity index is 588. The molecule has 0 spiro atoms. The van der Waals surface area contributed by atoms with Crippen LogP contribution in [0.25, 0.3) is 0 Å². The van der Waals surface area contributed by atoms with E-state index in [-0.39, 0.29) is 0 Å². The van der Waals surface area contributed by atoms with E-state index in [9.17, 15) is 0 Å². The van der Waals surface area contributed by atoms with Gasteiger partial charge in [-0.2, -0.15) is 0 Å². The van der Waals surface area contributed by atoms with Gasteiger partial charge in [0.1, 0.15) is 11.6 Å². The van der Waals surface area contributed by atoms with E-state index in [1.54, 1.807) is 6.26 Å². The highest BCUT2D eigenvalue weighted by Gasteiger charge is 2.32. The standard InChI is InChI=1S/C17H21N3O/c1-3-13(11-19-14-5-6-14)17(18-9-1)20(15-7-8-15)12-16-4-2-10-21-16/h1-4,9-10,14-15,19H,5-8,11-12H2. The molecule has 0 radical (unpaired) electrons. The molecule has 0 saturated heterocycles. The fourth-order valence-electron chi connectivity index (χ4n) is 2.70. The molecule has 2 aliphatic rings. The Balaban J connectivity index is 1.56. The minimum absolute atomic E-state index is 0.615. The molecule has 4 nitrogen and oxygen atoms in total. The maximum Gasteiger partial charge on any atom is 0.133 e. The Hall–Kier alpha value is -1.81. The van der Waals surface area contributed by atoms with Crippen LogP contribution in [0.4, 0.5) is 5.82 Å². The lowest BCUT2D eigenvalue weighted by Crippen LogP contribution is -2.28. The van der Waals surface area contributed by atoms with Gasteiger partial charge in [-0.25, -0.2) is 4.98 Å². The molecule has 2 saturated carbocycles. The van der Waals surface area contributed by atoms with Gasteiger partial charge in [-0.15, -0.1) is 0 Å². The second-order valence-corrected chi connectivity index (χ2v) is 6.08. The molecule has 2 aromatic heterocycles. The van der Waals surface area contributed by atoms with E-state index in [2.05, 4.69) is 21.3 Å². The maximum atomic E-state index is 5.53. The lowest BCUT2D eigenvalue weighted by atomic mass is 10.2. The summed E-state index contributed by atoms with van der Waals surface area (Å²) in [6.45, 7) is 1.72. The van der Waals surface area contributed by atoms with Crippen LogP contribution in [0.2, 0.25) is 0 Å². The summed E-state index contributed by atoms with van der Waals surface area (Å²) >= 11 is 0. The number of hydrogen-bond donors (Lipinski definition) is 1. The number of furan rings is 1. The van der Waals surface area contributed by atoms with E-state index in [0.29, 0.717) is 6.04 Å². The van der Waals surface area contributed by atoms with Gasteiger partial charge in [-0.3, -0.25) is 0 Å². The lowest BCUT2D eigenvalue weighted by molar-refractivity contribution is 0.499. The Labute approximate surface area is 125 Å². The number of rotatable bonds is 7. The zero-order valence-corrected chi connectivity index (χ0v) is 12.2. The largest absolute Gasteiger partial charge is 0.467 e. The summed E-state index contributed by atoms with van der Waals surface area (Å²) in [5.41, 5.74) is 1.29. The van der Waals surface area contributed by atoms with E-state index in [1.165, 1.54) is 31.2 Å². The Morgan fingerprint density at radius 3 is 2.81 bits per heavy atom. The summed E-state index contributed by atoms with van der Waals surface area (Å²) in [6.07, 6.45) is 8.78. The summed E-state index contributed by atoms with van der Waals surface area (Å²) in [7, 11) is 0. The smallest absolute Gasteiger partial charge is 0.133 e. The van der Waals surface area contributed by atoms with Crippen molar-refractivity contribution in [2.75, 3.05) is 4.90 Å². The number of nitrogens with one attached hydrogen (secondary N) is 1. The van der Waals surface area contributed by atoms with Gasteiger partial charge in [-0.05, 0) is 43.9 Å². The third kappa shape index (κ3) is 3.10. The molecule has 2 aromatic rings. The maximum absolute atomic E-state index is 5.53. The van der Waals surface area contributed by atoms with E-state index in [4.69, 9.17) is 4.42 Å². The molecule has 2 heterocycles. The Morgan fingerprint density at radius 1 is 1.19 bits per heavy atom. The SMILES string of the molecule is c1coc(CN(c2ncccc2CNC2CC2)C2CC2)c1. The van der Waals surface area contributed by atoms with Crippen molar-refractivity contribution in [3.63, 3.8) is 0 Å². The van der Waals surface area contributed by atoms with Gasteiger partial charge in [0.05, 0.1) is 12.8 Å². The Morgan fingerprint density at radius 2 is 2.10 bits per heavy atom. The van der Waals surface area contributed by atoms with Crippen LogP contribution in [0.3, 0.4) is 0 Å². The Kier molecular flexibility index (Phi) is 3.39. The van der Waals surface area contributed by atoms with Crippen molar-refractivity contribution < 1.29 is 4.42 Å². The van der Waals surface area contributed by atoms with Crippen LogP contribution in [0.1, 0.15) is 37.0 Å². The number of nitrogens with zero attached hydrogens (tertiary/aromatic N) is 2. The first-order valence-electron chi connectivity index (χ1n) is 7.86. The molecular formula is C17H21N3O. The van der Waals surface area contributed by atoms with Gasteiger partial charge in [0, 0.05) is 30.4 Å². The molecule has 2 aliphatic carbocycles. The average Bonchev–Trinajstić information content (AvgIpc) is 3.44. The number of hydrogen-bond acceptors (Lipinski definition) is 4. The van der Waals surface area contributed by atoms with Crippen LogP contribution < -0.4 is 10.2 Å². The molecule has 2 fully saturated rings. The van der Waals surface area contributed by atoms with Crippen molar-refractivity contribution in [2.24, 2.45) is 0 Å². The lowest BCUT2D eigenvalue weighted by Gasteiger charge is -2.25. The van der Waals surface area contributed by atoms with E-state index < -0.39 is 0 Å². The van der Waals surface area contributed by atoms with Gasteiger partial charge >= 0.3 is 0 Å². The van der Waals surface area contributed by atoms with Gasteiger partial charge in [0.25, 0.3) is 0 Å². The first-order valence-corrected chi connectivity index (χ1v) is 7.86. The minimum atomic E-state index is 0.615. The fourth-order valence-corrected chi connectivity index (χ4v) is 2.70. The zero-order valence-electron chi connectivity index (χ0n) is 12.2. The first-order chi connectivity index (χ1) is 10.4. The molecule has 110 valence electrons. The molecule has 4 heteroatoms. The van der Waals surface area contributed by atoms with Gasteiger partial charge in [0.2, 0.25) is 0 Å². The average molecular weight is 283 g/mol. The highest BCUT2D eigenvalue weighted by atomic mass is 16.3. The topological polar surface area (TPSA) is 41.3 Å². The van der Waals surface area contributed by atoms with Crippen LogP contribution >= 0.6 is 0 Å². The molecule has 21 heavy (non-hydrogen) atoms. The van der Waals surface area contributed by atoms with Crippen LogP contribution in [-0.2, 0) is 13.1 Å². The quantitative estimate of drug-likeness (QED) is 0.848. The van der Waals surface area contributed by atoms with Crippen molar-refractivity contribution in [1.29, 1.82) is 0 Å². The van der Waals surface area contributed by atoms with Gasteiger partial charge in [0.15, 0.2) is 0 Å². The summed E-state index contributed by atoms with van der Waals surface area (Å²) in [5.74, 6) is 2.12. The third-order valence-electron chi connectivity index (χ3n) is 4.19. The fraction of sp³-hybridized carbons (Fsp3) is 0.471. The summed E-state index contributed by atoms with van der Waals surface area (Å²) in [4.78, 5) is 7.07. The van der Waals surface area contributed by atoms with Crippen molar-refractivity contribution >= 4 is 5.82 Å². The van der Waals surface area contributed by atoms with Crippen molar-refractivity contribution in [3.05, 3.63) is 48.0 Å². The van der Waals surface area contributed by atoms with Crippen LogP contribution in [-0.4, -0.2) is 17.1 Å². The zero-order chi connectivity index (χ0) is 14.1. The van der Waals surface area contributed by atoms with Crippen LogP contribution in [0, 0.1) is 0 Å². The molecule has 0 amide bonds. The van der Waals surface area contributed by atoms with Crippen LogP contribution in [0.5, 0.6) is 0 Å². The molecule has 0 aliphatic heterocycles. The molecule has 0 unspecified atom stereocenters. The number of aromatic nitrogens is 1. The van der Waals surface area contributed by atoms with Crippen molar-refractivity contribution in [3.8, 4) is 0 Å². The molecule has 0 atom stereocenters. The predicted octanol–water partition coefficient (Wildman–Crippen LogP) is 3.10. The molecule has 1 N–H and O–H groups in total.